The molecule has 0 unspecified atom stereocenters. The second-order valence-electron chi connectivity index (χ2n) is 8.65. The number of alkyl halides is 3. The molecule has 0 saturated carbocycles. The van der Waals surface area contributed by atoms with Crippen LogP contribution in [0.1, 0.15) is 29.0 Å². The molecule has 1 fully saturated rings. The number of nitrogens with two attached hydrogens (primary N) is 1. The standard InChI is InChI=1S/C26H31FN6O2.CH2F2/c27-10-14-33-21(3-2-11-29-20-6-7-24(26(28)35)30-18-20)17-22-23(4-1-5-25(22)33)31-19-8-12-32(13-9-19)15-16-34;2-1-3/h1,4-7,17-19,29,31,34H,8-16H2,(H2,28,35);1H2. The summed E-state index contributed by atoms with van der Waals surface area (Å²) in [5, 5.41) is 17.0. The fourth-order valence-corrected chi connectivity index (χ4v) is 4.43. The fourth-order valence-electron chi connectivity index (χ4n) is 4.43. The van der Waals surface area contributed by atoms with Crippen LogP contribution in [0.4, 0.5) is 24.5 Å². The Hall–Kier alpha value is -3.75. The topological polar surface area (TPSA) is 108 Å². The van der Waals surface area contributed by atoms with Crippen molar-refractivity contribution in [2.24, 2.45) is 5.73 Å². The van der Waals surface area contributed by atoms with Gasteiger partial charge in [-0.1, -0.05) is 12.0 Å². The Kier molecular flexibility index (Phi) is 11.3. The van der Waals surface area contributed by atoms with E-state index in [1.54, 1.807) is 12.1 Å². The Labute approximate surface area is 220 Å². The first-order chi connectivity index (χ1) is 18.5. The summed E-state index contributed by atoms with van der Waals surface area (Å²) in [6.07, 6.45) is 3.55. The minimum atomic E-state index is -1.75. The van der Waals surface area contributed by atoms with Gasteiger partial charge in [-0.05, 0) is 49.1 Å². The van der Waals surface area contributed by atoms with Crippen LogP contribution < -0.4 is 16.4 Å². The normalized spacial score (nSPS) is 13.8. The summed E-state index contributed by atoms with van der Waals surface area (Å²) in [6.45, 7) is 1.21. The SMILES string of the molecule is FCF.NC(=O)c1ccc(NCC#Cc2cc3c(NC4CCN(CCO)CC4)cccc3n2CCF)cn1. The molecule has 3 heterocycles. The summed E-state index contributed by atoms with van der Waals surface area (Å²) in [6, 6.07) is 11.7. The molecule has 3 aromatic rings. The Morgan fingerprint density at radius 3 is 2.55 bits per heavy atom. The van der Waals surface area contributed by atoms with E-state index < -0.39 is 19.5 Å². The molecule has 204 valence electrons. The van der Waals surface area contributed by atoms with Crippen LogP contribution in [0.3, 0.4) is 0 Å². The number of nitrogens with one attached hydrogen (secondary N) is 2. The van der Waals surface area contributed by atoms with Gasteiger partial charge in [-0.25, -0.2) is 18.2 Å². The number of benzene rings is 1. The number of carbonyl (C=O) groups excluding carboxylic acids is 1. The van der Waals surface area contributed by atoms with Crippen LogP contribution in [-0.4, -0.2) is 77.9 Å². The summed E-state index contributed by atoms with van der Waals surface area (Å²) in [5.74, 6) is 5.69. The van der Waals surface area contributed by atoms with Crippen LogP contribution in [0, 0.1) is 11.8 Å². The molecule has 1 aliphatic heterocycles. The number of aromatic nitrogens is 2. The highest BCUT2D eigenvalue weighted by Crippen LogP contribution is 2.29. The first kappa shape index (κ1) is 28.8. The van der Waals surface area contributed by atoms with Crippen LogP contribution in [0.25, 0.3) is 10.9 Å². The molecule has 11 heteroatoms. The number of fused-ring (bicyclic) bond motifs is 1. The molecule has 1 aromatic carbocycles. The van der Waals surface area contributed by atoms with Gasteiger partial charge in [-0.3, -0.25) is 4.79 Å². The number of nitrogens with zero attached hydrogens (tertiary/aromatic N) is 3. The Morgan fingerprint density at radius 1 is 1.16 bits per heavy atom. The first-order valence-electron chi connectivity index (χ1n) is 12.4. The number of carbonyl (C=O) groups is 1. The van der Waals surface area contributed by atoms with Crippen molar-refractivity contribution in [3.63, 3.8) is 0 Å². The lowest BCUT2D eigenvalue weighted by molar-refractivity contribution is 0.0995. The number of rotatable bonds is 9. The molecule has 1 amide bonds. The van der Waals surface area contributed by atoms with Crippen molar-refractivity contribution in [1.29, 1.82) is 0 Å². The second kappa shape index (κ2) is 14.9. The third kappa shape index (κ3) is 7.87. The van der Waals surface area contributed by atoms with E-state index in [2.05, 4.69) is 38.4 Å². The van der Waals surface area contributed by atoms with Gasteiger partial charge >= 0.3 is 0 Å². The summed E-state index contributed by atoms with van der Waals surface area (Å²) in [7, 11) is 0. The highest BCUT2D eigenvalue weighted by molar-refractivity contribution is 5.94. The number of β-amino-alcohol motifs (C(OH)–C–C–N with tert-alkyl or cyclic N) is 1. The van der Waals surface area contributed by atoms with Gasteiger partial charge in [0.2, 0.25) is 6.93 Å². The van der Waals surface area contributed by atoms with E-state index >= 15 is 0 Å². The zero-order valence-electron chi connectivity index (χ0n) is 21.1. The molecule has 0 atom stereocenters. The Balaban J connectivity index is 0.00000127. The quantitative estimate of drug-likeness (QED) is 0.316. The lowest BCUT2D eigenvalue weighted by Crippen LogP contribution is -2.40. The summed E-state index contributed by atoms with van der Waals surface area (Å²) in [4.78, 5) is 17.4. The first-order valence-corrected chi connectivity index (χ1v) is 12.4. The van der Waals surface area contributed by atoms with E-state index in [4.69, 9.17) is 10.8 Å². The maximum Gasteiger partial charge on any atom is 0.267 e. The smallest absolute Gasteiger partial charge is 0.267 e. The molecule has 38 heavy (non-hydrogen) atoms. The van der Waals surface area contributed by atoms with Crippen LogP contribution in [0.15, 0.2) is 42.6 Å². The van der Waals surface area contributed by atoms with Gasteiger partial charge < -0.3 is 30.9 Å². The number of piperidine rings is 1. The summed E-state index contributed by atoms with van der Waals surface area (Å²) < 4.78 is 34.5. The second-order valence-corrected chi connectivity index (χ2v) is 8.65. The minimum absolute atomic E-state index is 0.192. The number of hydrogen-bond acceptors (Lipinski definition) is 6. The number of aliphatic hydroxyl groups excluding tert-OH is 1. The van der Waals surface area contributed by atoms with E-state index in [1.807, 2.05) is 22.8 Å². The average Bonchev–Trinajstić information content (AvgIpc) is 3.27. The number of aliphatic hydroxyl groups is 1. The van der Waals surface area contributed by atoms with Gasteiger partial charge in [0.15, 0.2) is 0 Å². The molecular weight excluding hydrogens is 497 g/mol. The lowest BCUT2D eigenvalue weighted by Gasteiger charge is -2.32. The molecule has 5 N–H and O–H groups in total. The van der Waals surface area contributed by atoms with Crippen molar-refractivity contribution in [1.82, 2.24) is 14.5 Å². The Morgan fingerprint density at radius 2 is 1.92 bits per heavy atom. The largest absolute Gasteiger partial charge is 0.395 e. The monoisotopic (exact) mass is 530 g/mol. The van der Waals surface area contributed by atoms with Crippen LogP contribution in [-0.2, 0) is 6.54 Å². The third-order valence-electron chi connectivity index (χ3n) is 6.23. The van der Waals surface area contributed by atoms with Crippen molar-refractivity contribution < 1.29 is 23.1 Å². The molecule has 0 bridgehead atoms. The zero-order valence-corrected chi connectivity index (χ0v) is 21.1. The van der Waals surface area contributed by atoms with Crippen molar-refractivity contribution in [3.05, 3.63) is 54.0 Å². The van der Waals surface area contributed by atoms with Crippen LogP contribution in [0.5, 0.6) is 0 Å². The van der Waals surface area contributed by atoms with E-state index in [1.165, 1.54) is 6.20 Å². The van der Waals surface area contributed by atoms with Gasteiger partial charge in [-0.2, -0.15) is 0 Å². The van der Waals surface area contributed by atoms with Crippen molar-refractivity contribution in [2.45, 2.75) is 25.4 Å². The number of primary amides is 1. The molecule has 0 radical (unpaired) electrons. The number of likely N-dealkylation sites (tertiary alicyclic amines) is 1. The summed E-state index contributed by atoms with van der Waals surface area (Å²) >= 11 is 0. The van der Waals surface area contributed by atoms with Gasteiger partial charge in [0.05, 0.1) is 42.8 Å². The molecule has 1 aliphatic rings. The van der Waals surface area contributed by atoms with Gasteiger partial charge in [0.1, 0.15) is 12.4 Å². The lowest BCUT2D eigenvalue weighted by atomic mass is 10.0. The minimum Gasteiger partial charge on any atom is -0.395 e. The van der Waals surface area contributed by atoms with E-state index in [-0.39, 0.29) is 18.8 Å². The Bertz CT molecular complexity index is 1230. The summed E-state index contributed by atoms with van der Waals surface area (Å²) in [5.41, 5.74) is 8.89. The van der Waals surface area contributed by atoms with E-state index in [0.717, 1.165) is 60.4 Å². The number of pyridine rings is 1. The number of aryl methyl sites for hydroxylation is 1. The van der Waals surface area contributed by atoms with Crippen molar-refractivity contribution in [2.75, 3.05) is 57.0 Å². The molecular formula is C27H33F3N6O2. The van der Waals surface area contributed by atoms with Gasteiger partial charge in [0, 0.05) is 36.7 Å². The molecule has 0 aliphatic carbocycles. The molecule has 8 nitrogen and oxygen atoms in total. The number of hydrogen-bond donors (Lipinski definition) is 4. The molecule has 2 aromatic heterocycles. The van der Waals surface area contributed by atoms with Crippen LogP contribution >= 0.6 is 0 Å². The number of halogens is 3. The number of anilines is 2. The van der Waals surface area contributed by atoms with E-state index in [9.17, 15) is 18.0 Å². The maximum absolute atomic E-state index is 13.4. The van der Waals surface area contributed by atoms with E-state index in [0.29, 0.717) is 12.6 Å². The predicted molar refractivity (Wildman–Crippen MR) is 143 cm³/mol. The fraction of sp³-hybridized carbons (Fsp3) is 0.407. The van der Waals surface area contributed by atoms with Gasteiger partial charge in [-0.15, -0.1) is 0 Å². The maximum atomic E-state index is 13.4. The van der Waals surface area contributed by atoms with Gasteiger partial charge in [0.25, 0.3) is 5.91 Å². The number of amides is 1. The molecule has 0 spiro atoms. The molecule has 1 saturated heterocycles. The van der Waals surface area contributed by atoms with Crippen LogP contribution in [0.2, 0.25) is 0 Å². The van der Waals surface area contributed by atoms with Crippen molar-refractivity contribution in [3.8, 4) is 11.8 Å². The zero-order chi connectivity index (χ0) is 27.3. The molecule has 4 rings (SSSR count). The predicted octanol–water partition coefficient (Wildman–Crippen LogP) is 3.32. The van der Waals surface area contributed by atoms with Crippen molar-refractivity contribution >= 4 is 28.2 Å². The third-order valence-corrected chi connectivity index (χ3v) is 6.23. The average molecular weight is 531 g/mol. The highest BCUT2D eigenvalue weighted by atomic mass is 19.3. The highest BCUT2D eigenvalue weighted by Gasteiger charge is 2.20.